The van der Waals surface area contributed by atoms with Gasteiger partial charge in [0, 0.05) is 40.3 Å². The first kappa shape index (κ1) is 31.8. The average molecular weight is 646 g/mol. The Hall–Kier alpha value is -2.49. The van der Waals surface area contributed by atoms with Crippen LogP contribution in [0.4, 0.5) is 0 Å². The minimum Gasteiger partial charge on any atom is -0.455 e. The molecule has 0 bridgehead atoms. The van der Waals surface area contributed by atoms with E-state index in [2.05, 4.69) is 64.7 Å². The monoisotopic (exact) mass is 645 g/mol. The molecule has 2 fully saturated rings. The Morgan fingerprint density at radius 1 is 1.09 bits per heavy atom. The van der Waals surface area contributed by atoms with Crippen LogP contribution in [0.3, 0.4) is 0 Å². The number of carbonyl (C=O) groups is 1. The predicted molar refractivity (Wildman–Crippen MR) is 179 cm³/mol. The third-order valence-corrected chi connectivity index (χ3v) is 13.5. The molecule has 2 aliphatic heterocycles. The predicted octanol–water partition coefficient (Wildman–Crippen LogP) is 5.95. The number of aliphatic hydroxyl groups is 3. The molecule has 0 spiro atoms. The number of hydrogen-bond acceptors (Lipinski definition) is 7. The van der Waals surface area contributed by atoms with Crippen LogP contribution in [0.2, 0.25) is 0 Å². The van der Waals surface area contributed by atoms with Gasteiger partial charge in [0.05, 0.1) is 34.6 Å². The minimum absolute atomic E-state index is 0.132. The average Bonchev–Trinajstić information content (AvgIpc) is 3.54. The normalized spacial score (nSPS) is 41.1. The van der Waals surface area contributed by atoms with Gasteiger partial charge in [0.2, 0.25) is 0 Å². The molecular weight excluding hydrogens is 594 g/mol. The molecule has 1 unspecified atom stereocenters. The van der Waals surface area contributed by atoms with Crippen LogP contribution in [0.5, 0.6) is 0 Å². The fourth-order valence-corrected chi connectivity index (χ4v) is 11.4. The highest BCUT2D eigenvalue weighted by atomic mass is 16.6. The summed E-state index contributed by atoms with van der Waals surface area (Å²) in [4.78, 5) is 16.1. The Bertz CT molecular complexity index is 1770. The summed E-state index contributed by atoms with van der Waals surface area (Å²) in [5.41, 5.74) is 3.28. The van der Waals surface area contributed by atoms with Crippen molar-refractivity contribution in [2.75, 3.05) is 0 Å². The van der Waals surface area contributed by atoms with Crippen LogP contribution in [0.25, 0.3) is 16.5 Å². The lowest BCUT2D eigenvalue weighted by Gasteiger charge is -2.65. The second-order valence-electron chi connectivity index (χ2n) is 17.6. The molecule has 47 heavy (non-hydrogen) atoms. The topological polar surface area (TPSA) is 121 Å². The van der Waals surface area contributed by atoms with Crippen LogP contribution in [0.15, 0.2) is 29.9 Å². The summed E-state index contributed by atoms with van der Waals surface area (Å²) in [6, 6.07) is 4.46. The van der Waals surface area contributed by atoms with Gasteiger partial charge in [-0.3, -0.25) is 4.79 Å². The number of aromatic amines is 1. The SMILES string of the molecule is CC(=O)O[C@@H]1C=C2[C@H](CC[C@@]3(C)[C@@]2(O)CC[C@H]2Cc4c([nH]c5cc6c(cc45)[C@@H](O)[C@H]4C6=CC(C)(C)OC4(C)C)[C@@]23C)OC1C(C)(C)O. The molecule has 8 nitrogen and oxygen atoms in total. The molecule has 6 aliphatic rings. The zero-order chi connectivity index (χ0) is 33.9. The molecule has 9 atom stereocenters. The summed E-state index contributed by atoms with van der Waals surface area (Å²) in [6.07, 6.45) is 5.33. The Labute approximate surface area is 277 Å². The van der Waals surface area contributed by atoms with E-state index < -0.39 is 52.1 Å². The molecule has 4 aliphatic carbocycles. The van der Waals surface area contributed by atoms with E-state index >= 15 is 0 Å². The van der Waals surface area contributed by atoms with E-state index in [0.717, 1.165) is 52.4 Å². The van der Waals surface area contributed by atoms with Crippen molar-refractivity contribution in [1.82, 2.24) is 4.98 Å². The van der Waals surface area contributed by atoms with Crippen LogP contribution in [0.1, 0.15) is 116 Å². The molecule has 2 saturated carbocycles. The zero-order valence-electron chi connectivity index (χ0n) is 29.3. The van der Waals surface area contributed by atoms with Crippen LogP contribution >= 0.6 is 0 Å². The number of ether oxygens (including phenoxy) is 3. The fourth-order valence-electron chi connectivity index (χ4n) is 11.4. The summed E-state index contributed by atoms with van der Waals surface area (Å²) in [7, 11) is 0. The summed E-state index contributed by atoms with van der Waals surface area (Å²) in [5, 5.41) is 36.8. The van der Waals surface area contributed by atoms with Crippen LogP contribution in [0, 0.1) is 17.3 Å². The molecule has 8 heteroatoms. The van der Waals surface area contributed by atoms with Crippen molar-refractivity contribution in [3.8, 4) is 0 Å². The quantitative estimate of drug-likeness (QED) is 0.235. The van der Waals surface area contributed by atoms with Crippen molar-refractivity contribution in [1.29, 1.82) is 0 Å². The van der Waals surface area contributed by atoms with Gasteiger partial charge in [0.25, 0.3) is 0 Å². The van der Waals surface area contributed by atoms with E-state index in [1.807, 2.05) is 6.08 Å². The van der Waals surface area contributed by atoms with Crippen molar-refractivity contribution >= 4 is 22.4 Å². The second-order valence-corrected chi connectivity index (χ2v) is 17.6. The van der Waals surface area contributed by atoms with Crippen LogP contribution in [-0.2, 0) is 30.8 Å². The number of aliphatic hydroxyl groups excluding tert-OH is 1. The fraction of sp³-hybridized carbons (Fsp3) is 0.667. The number of benzene rings is 1. The van der Waals surface area contributed by atoms with E-state index in [1.165, 1.54) is 18.2 Å². The van der Waals surface area contributed by atoms with Gasteiger partial charge in [-0.1, -0.05) is 13.8 Å². The maximum atomic E-state index is 13.0. The van der Waals surface area contributed by atoms with E-state index in [-0.39, 0.29) is 17.4 Å². The summed E-state index contributed by atoms with van der Waals surface area (Å²) in [5.74, 6) is -0.243. The Morgan fingerprint density at radius 3 is 2.49 bits per heavy atom. The van der Waals surface area contributed by atoms with Gasteiger partial charge in [-0.05, 0) is 132 Å². The number of nitrogens with one attached hydrogen (secondary N) is 1. The number of rotatable bonds is 2. The molecule has 0 amide bonds. The summed E-state index contributed by atoms with van der Waals surface area (Å²) >= 11 is 0. The molecule has 1 aromatic carbocycles. The van der Waals surface area contributed by atoms with Crippen LogP contribution < -0.4 is 0 Å². The third kappa shape index (κ3) is 4.02. The minimum atomic E-state index is -1.24. The molecule has 8 rings (SSSR count). The highest BCUT2D eigenvalue weighted by Crippen LogP contribution is 2.69. The second kappa shape index (κ2) is 9.39. The molecule has 0 saturated heterocycles. The zero-order valence-corrected chi connectivity index (χ0v) is 29.3. The number of aromatic nitrogens is 1. The smallest absolute Gasteiger partial charge is 0.303 e. The van der Waals surface area contributed by atoms with Crippen molar-refractivity contribution in [3.05, 3.63) is 52.2 Å². The van der Waals surface area contributed by atoms with E-state index in [9.17, 15) is 20.1 Å². The van der Waals surface area contributed by atoms with Gasteiger partial charge in [-0.2, -0.15) is 0 Å². The van der Waals surface area contributed by atoms with E-state index in [4.69, 9.17) is 14.2 Å². The van der Waals surface area contributed by atoms with Gasteiger partial charge < -0.3 is 34.5 Å². The highest BCUT2D eigenvalue weighted by Gasteiger charge is 2.70. The first-order chi connectivity index (χ1) is 21.7. The summed E-state index contributed by atoms with van der Waals surface area (Å²) < 4.78 is 18.7. The maximum Gasteiger partial charge on any atom is 0.303 e. The lowest BCUT2D eigenvalue weighted by atomic mass is 9.42. The lowest BCUT2D eigenvalue weighted by molar-refractivity contribution is -0.214. The van der Waals surface area contributed by atoms with Crippen molar-refractivity contribution in [2.45, 2.75) is 147 Å². The van der Waals surface area contributed by atoms with Crippen molar-refractivity contribution < 1.29 is 34.3 Å². The number of carbonyl (C=O) groups excluding carboxylic acids is 1. The standard InChI is InChI=1S/C39H51NO7/c1-19(41)45-29-17-26-28(46-33(29)35(4,5)43)11-12-37(8)38(9)20(10-13-39(26,37)44)14-24-22-15-23-21(16-27(22)40-32(24)38)25-18-34(2,3)47-36(6,7)30(25)31(23)42/h15-18,20,28-31,33,40,42-44H,10-14H2,1-9H3/t20-,28-,29+,30+,31+,33?,37+,38+,39+/m0/s1. The summed E-state index contributed by atoms with van der Waals surface area (Å²) in [6.45, 7) is 17.6. The van der Waals surface area contributed by atoms with Gasteiger partial charge in [0.1, 0.15) is 12.2 Å². The van der Waals surface area contributed by atoms with Gasteiger partial charge in [-0.15, -0.1) is 0 Å². The van der Waals surface area contributed by atoms with Gasteiger partial charge in [0.15, 0.2) is 0 Å². The lowest BCUT2D eigenvalue weighted by Crippen LogP contribution is -2.68. The molecular formula is C39H51NO7. The maximum absolute atomic E-state index is 13.0. The molecule has 4 N–H and O–H groups in total. The van der Waals surface area contributed by atoms with Gasteiger partial charge in [-0.25, -0.2) is 0 Å². The number of H-pyrrole nitrogens is 1. The Kier molecular flexibility index (Phi) is 6.34. The molecule has 3 heterocycles. The van der Waals surface area contributed by atoms with Gasteiger partial charge >= 0.3 is 5.97 Å². The van der Waals surface area contributed by atoms with Crippen molar-refractivity contribution in [2.24, 2.45) is 17.3 Å². The Morgan fingerprint density at radius 2 is 1.81 bits per heavy atom. The first-order valence-electron chi connectivity index (χ1n) is 17.5. The van der Waals surface area contributed by atoms with Crippen molar-refractivity contribution in [3.63, 3.8) is 0 Å². The van der Waals surface area contributed by atoms with E-state index in [1.54, 1.807) is 13.8 Å². The van der Waals surface area contributed by atoms with E-state index in [0.29, 0.717) is 18.8 Å². The molecule has 1 aromatic heterocycles. The third-order valence-electron chi connectivity index (χ3n) is 13.5. The van der Waals surface area contributed by atoms with Crippen LogP contribution in [-0.4, -0.2) is 67.0 Å². The molecule has 2 aromatic rings. The largest absolute Gasteiger partial charge is 0.455 e. The highest BCUT2D eigenvalue weighted by molar-refractivity contribution is 5.93. The number of hydrogen-bond donors (Lipinski definition) is 4. The Balaban J connectivity index is 1.24. The molecule has 254 valence electrons. The number of fused-ring (bicyclic) bond motifs is 12. The first-order valence-corrected chi connectivity index (χ1v) is 17.5. The molecule has 0 radical (unpaired) electrons. The number of esters is 1.